The van der Waals surface area contributed by atoms with Crippen molar-refractivity contribution in [2.24, 2.45) is 11.7 Å². The number of benzene rings is 1. The lowest BCUT2D eigenvalue weighted by Gasteiger charge is -2.38. The van der Waals surface area contributed by atoms with Crippen molar-refractivity contribution >= 4 is 17.3 Å². The molecule has 0 bridgehead atoms. The summed E-state index contributed by atoms with van der Waals surface area (Å²) in [6, 6.07) is 8.39. The summed E-state index contributed by atoms with van der Waals surface area (Å²) in [6.07, 6.45) is 7.66. The van der Waals surface area contributed by atoms with E-state index in [9.17, 15) is 4.79 Å². The fourth-order valence-corrected chi connectivity index (χ4v) is 3.39. The number of fused-ring (bicyclic) bond motifs is 1. The molecular weight excluding hydrogens is 286 g/mol. The van der Waals surface area contributed by atoms with Crippen LogP contribution in [-0.4, -0.2) is 32.1 Å². The number of anilines is 2. The Morgan fingerprint density at radius 2 is 1.78 bits per heavy atom. The van der Waals surface area contributed by atoms with Crippen molar-refractivity contribution in [2.45, 2.75) is 44.9 Å². The molecule has 1 saturated carbocycles. The van der Waals surface area contributed by atoms with E-state index in [0.717, 1.165) is 63.5 Å². The molecule has 4 nitrogen and oxygen atoms in total. The Labute approximate surface area is 139 Å². The van der Waals surface area contributed by atoms with Gasteiger partial charge in [0.05, 0.1) is 11.4 Å². The summed E-state index contributed by atoms with van der Waals surface area (Å²) in [5.41, 5.74) is 7.85. The summed E-state index contributed by atoms with van der Waals surface area (Å²) in [5, 5.41) is 0. The minimum atomic E-state index is 0.274. The van der Waals surface area contributed by atoms with E-state index in [4.69, 9.17) is 5.73 Å². The van der Waals surface area contributed by atoms with Gasteiger partial charge in [-0.2, -0.15) is 0 Å². The van der Waals surface area contributed by atoms with Gasteiger partial charge in [0, 0.05) is 26.1 Å². The maximum absolute atomic E-state index is 12.6. The third kappa shape index (κ3) is 4.25. The first-order valence-electron chi connectivity index (χ1n) is 9.14. The number of unbranched alkanes of at least 4 members (excludes halogenated alkanes) is 3. The lowest BCUT2D eigenvalue weighted by molar-refractivity contribution is -0.118. The third-order valence-corrected chi connectivity index (χ3v) is 4.93. The summed E-state index contributed by atoms with van der Waals surface area (Å²) in [5.74, 6) is 1.14. The van der Waals surface area contributed by atoms with E-state index < -0.39 is 0 Å². The van der Waals surface area contributed by atoms with E-state index in [0.29, 0.717) is 6.42 Å². The molecule has 1 aromatic rings. The van der Waals surface area contributed by atoms with Crippen LogP contribution in [0, 0.1) is 5.92 Å². The van der Waals surface area contributed by atoms with E-state index in [1.165, 1.54) is 18.5 Å². The predicted octanol–water partition coefficient (Wildman–Crippen LogP) is 3.16. The van der Waals surface area contributed by atoms with Gasteiger partial charge >= 0.3 is 0 Å². The molecule has 0 atom stereocenters. The Morgan fingerprint density at radius 1 is 1.04 bits per heavy atom. The Balaban J connectivity index is 1.60. The van der Waals surface area contributed by atoms with Gasteiger partial charge in [-0.1, -0.05) is 25.0 Å². The fourth-order valence-electron chi connectivity index (χ4n) is 3.39. The zero-order valence-corrected chi connectivity index (χ0v) is 14.0. The zero-order valence-electron chi connectivity index (χ0n) is 14.0. The second kappa shape index (κ2) is 7.82. The first-order chi connectivity index (χ1) is 11.3. The van der Waals surface area contributed by atoms with Gasteiger partial charge in [0.2, 0.25) is 5.91 Å². The molecule has 0 unspecified atom stereocenters. The van der Waals surface area contributed by atoms with Gasteiger partial charge < -0.3 is 15.5 Å². The van der Waals surface area contributed by atoms with Gasteiger partial charge in [-0.3, -0.25) is 4.79 Å². The average molecular weight is 315 g/mol. The monoisotopic (exact) mass is 315 g/mol. The molecule has 0 radical (unpaired) electrons. The Kier molecular flexibility index (Phi) is 5.55. The number of nitrogens with zero attached hydrogens (tertiary/aromatic N) is 2. The first-order valence-corrected chi connectivity index (χ1v) is 9.14. The van der Waals surface area contributed by atoms with Crippen molar-refractivity contribution in [2.75, 3.05) is 36.0 Å². The molecule has 1 aliphatic heterocycles. The normalized spacial score (nSPS) is 17.3. The standard InChI is InChI=1S/C19H29N3O/c20-12-6-2-1-3-9-19(23)22-14-13-21(15-16-10-11-16)17-7-4-5-8-18(17)22/h4-5,7-8,16H,1-3,6,9-15,20H2. The molecule has 1 aromatic carbocycles. The molecule has 23 heavy (non-hydrogen) atoms. The van der Waals surface area contributed by atoms with E-state index in [-0.39, 0.29) is 5.91 Å². The van der Waals surface area contributed by atoms with Crippen LogP contribution in [0.15, 0.2) is 24.3 Å². The van der Waals surface area contributed by atoms with Crippen molar-refractivity contribution in [1.29, 1.82) is 0 Å². The molecule has 1 fully saturated rings. The molecule has 1 aliphatic carbocycles. The molecule has 2 N–H and O–H groups in total. The molecule has 0 spiro atoms. The third-order valence-electron chi connectivity index (χ3n) is 4.93. The van der Waals surface area contributed by atoms with Crippen molar-refractivity contribution in [3.63, 3.8) is 0 Å². The Hall–Kier alpha value is -1.55. The van der Waals surface area contributed by atoms with Crippen LogP contribution in [0.4, 0.5) is 11.4 Å². The number of rotatable bonds is 8. The van der Waals surface area contributed by atoms with Gasteiger partial charge in [0.25, 0.3) is 0 Å². The summed E-state index contributed by atoms with van der Waals surface area (Å²) >= 11 is 0. The quantitative estimate of drug-likeness (QED) is 0.750. The highest BCUT2D eigenvalue weighted by atomic mass is 16.2. The van der Waals surface area contributed by atoms with Crippen LogP contribution < -0.4 is 15.5 Å². The topological polar surface area (TPSA) is 49.6 Å². The zero-order chi connectivity index (χ0) is 16.1. The van der Waals surface area contributed by atoms with Gasteiger partial charge in [-0.05, 0) is 50.3 Å². The first kappa shape index (κ1) is 16.3. The highest BCUT2D eigenvalue weighted by Crippen LogP contribution is 2.37. The van der Waals surface area contributed by atoms with Crippen LogP contribution in [0.5, 0.6) is 0 Å². The number of carbonyl (C=O) groups is 1. The summed E-state index contributed by atoms with van der Waals surface area (Å²) in [4.78, 5) is 17.1. The summed E-state index contributed by atoms with van der Waals surface area (Å²) in [6.45, 7) is 3.69. The van der Waals surface area contributed by atoms with Crippen LogP contribution in [0.2, 0.25) is 0 Å². The van der Waals surface area contributed by atoms with Crippen LogP contribution in [-0.2, 0) is 4.79 Å². The van der Waals surface area contributed by atoms with Crippen molar-refractivity contribution in [1.82, 2.24) is 0 Å². The van der Waals surface area contributed by atoms with Crippen LogP contribution in [0.25, 0.3) is 0 Å². The smallest absolute Gasteiger partial charge is 0.227 e. The highest BCUT2D eigenvalue weighted by molar-refractivity contribution is 5.97. The molecule has 4 heteroatoms. The number of para-hydroxylation sites is 2. The van der Waals surface area contributed by atoms with Crippen molar-refractivity contribution in [3.05, 3.63) is 24.3 Å². The molecule has 1 heterocycles. The second-order valence-corrected chi connectivity index (χ2v) is 6.88. The lowest BCUT2D eigenvalue weighted by Crippen LogP contribution is -2.44. The highest BCUT2D eigenvalue weighted by Gasteiger charge is 2.30. The minimum Gasteiger partial charge on any atom is -0.368 e. The molecule has 0 saturated heterocycles. The van der Waals surface area contributed by atoms with Gasteiger partial charge in [-0.25, -0.2) is 0 Å². The average Bonchev–Trinajstić information content (AvgIpc) is 3.39. The van der Waals surface area contributed by atoms with E-state index in [1.54, 1.807) is 0 Å². The summed E-state index contributed by atoms with van der Waals surface area (Å²) in [7, 11) is 0. The number of nitrogens with two attached hydrogens (primary N) is 1. The summed E-state index contributed by atoms with van der Waals surface area (Å²) < 4.78 is 0. The molecule has 1 amide bonds. The van der Waals surface area contributed by atoms with E-state index in [2.05, 4.69) is 23.1 Å². The molecule has 3 rings (SSSR count). The molecule has 0 aromatic heterocycles. The number of carbonyl (C=O) groups excluding carboxylic acids is 1. The molecular formula is C19H29N3O. The number of amides is 1. The van der Waals surface area contributed by atoms with Crippen LogP contribution in [0.3, 0.4) is 0 Å². The minimum absolute atomic E-state index is 0.274. The largest absolute Gasteiger partial charge is 0.368 e. The van der Waals surface area contributed by atoms with Crippen molar-refractivity contribution in [3.8, 4) is 0 Å². The van der Waals surface area contributed by atoms with E-state index in [1.807, 2.05) is 11.0 Å². The Bertz CT molecular complexity index is 527. The second-order valence-electron chi connectivity index (χ2n) is 6.88. The maximum atomic E-state index is 12.6. The number of hydrogen-bond donors (Lipinski definition) is 1. The van der Waals surface area contributed by atoms with E-state index >= 15 is 0 Å². The molecule has 2 aliphatic rings. The van der Waals surface area contributed by atoms with Crippen LogP contribution >= 0.6 is 0 Å². The molecule has 126 valence electrons. The predicted molar refractivity (Wildman–Crippen MR) is 95.9 cm³/mol. The fraction of sp³-hybridized carbons (Fsp3) is 0.632. The maximum Gasteiger partial charge on any atom is 0.227 e. The Morgan fingerprint density at radius 3 is 2.52 bits per heavy atom. The van der Waals surface area contributed by atoms with Crippen LogP contribution in [0.1, 0.15) is 44.9 Å². The van der Waals surface area contributed by atoms with Crippen molar-refractivity contribution < 1.29 is 4.79 Å². The lowest BCUT2D eigenvalue weighted by atomic mass is 10.1. The van der Waals surface area contributed by atoms with Gasteiger partial charge in [0.15, 0.2) is 0 Å². The number of hydrogen-bond acceptors (Lipinski definition) is 3. The van der Waals surface area contributed by atoms with Gasteiger partial charge in [-0.15, -0.1) is 0 Å². The SMILES string of the molecule is NCCCCCCC(=O)N1CCN(CC2CC2)c2ccccc21. The van der Waals surface area contributed by atoms with Gasteiger partial charge in [0.1, 0.15) is 0 Å².